The summed E-state index contributed by atoms with van der Waals surface area (Å²) in [6.07, 6.45) is -5.82. The molecule has 5 rings (SSSR count). The predicted molar refractivity (Wildman–Crippen MR) is 171 cm³/mol. The third kappa shape index (κ3) is 6.75. The highest BCUT2D eigenvalue weighted by Gasteiger charge is 2.55. The number of hydrogen-bond acceptors (Lipinski definition) is 8. The highest BCUT2D eigenvalue weighted by molar-refractivity contribution is 6.99. The molecule has 0 aromatic heterocycles. The van der Waals surface area contributed by atoms with Crippen LogP contribution in [0.15, 0.2) is 121 Å². The van der Waals surface area contributed by atoms with Gasteiger partial charge in [0.15, 0.2) is 12.2 Å². The van der Waals surface area contributed by atoms with Crippen molar-refractivity contribution in [3.63, 3.8) is 0 Å². The Labute approximate surface area is 263 Å². The van der Waals surface area contributed by atoms with E-state index in [1.807, 2.05) is 60.7 Å². The number of benzene rings is 4. The molecular weight excluding hydrogens is 588 g/mol. The molecule has 1 saturated heterocycles. The molecule has 1 N–H and O–H groups in total. The van der Waals surface area contributed by atoms with Crippen LogP contribution in [-0.4, -0.2) is 62.4 Å². The Hall–Kier alpha value is -4.57. The fourth-order valence-corrected chi connectivity index (χ4v) is 10.3. The Bertz CT molecular complexity index is 1550. The van der Waals surface area contributed by atoms with E-state index >= 15 is 0 Å². The summed E-state index contributed by atoms with van der Waals surface area (Å²) in [4.78, 5) is 39.3. The highest BCUT2D eigenvalue weighted by atomic mass is 28.4. The number of carbonyl (C=O) groups excluding carboxylic acids is 3. The van der Waals surface area contributed by atoms with E-state index in [1.54, 1.807) is 48.5 Å². The van der Waals surface area contributed by atoms with E-state index in [9.17, 15) is 19.5 Å². The Morgan fingerprint density at radius 2 is 1.16 bits per heavy atom. The number of ether oxygens (including phenoxy) is 3. The lowest BCUT2D eigenvalue weighted by Crippen LogP contribution is -2.67. The summed E-state index contributed by atoms with van der Waals surface area (Å²) in [5.74, 6) is -2.48. The number of rotatable bonds is 10. The van der Waals surface area contributed by atoms with Crippen LogP contribution < -0.4 is 10.4 Å². The maximum Gasteiger partial charge on any atom is 0.352 e. The molecule has 8 nitrogen and oxygen atoms in total. The minimum absolute atomic E-state index is 0.206. The summed E-state index contributed by atoms with van der Waals surface area (Å²) >= 11 is 0. The van der Waals surface area contributed by atoms with Crippen LogP contribution in [0.2, 0.25) is 5.04 Å². The van der Waals surface area contributed by atoms with Crippen molar-refractivity contribution < 1.29 is 38.1 Å². The maximum absolute atomic E-state index is 13.2. The number of esters is 3. The van der Waals surface area contributed by atoms with Crippen molar-refractivity contribution in [3.8, 4) is 0 Å². The predicted octanol–water partition coefficient (Wildman–Crippen LogP) is 4.30. The standard InChI is InChI=1S/C36H36O8Si/c1-36(2,3)45(27-20-12-6-13-21-27,28-22-14-7-15-23-28)41-24-29(37)30-31(43-33(38)25-16-8-4-9-17-25)32(35(40)42-30)44-34(39)26-18-10-5-11-19-26/h4-23,29-32,37H,24H2,1-3H3/t29-,30+,31+,32-/m1/s1. The third-order valence-corrected chi connectivity index (χ3v) is 12.9. The second kappa shape index (κ2) is 13.6. The molecule has 1 heterocycles. The fourth-order valence-electron chi connectivity index (χ4n) is 5.71. The smallest absolute Gasteiger partial charge is 0.352 e. The van der Waals surface area contributed by atoms with Crippen molar-refractivity contribution in [1.29, 1.82) is 0 Å². The molecule has 0 aliphatic carbocycles. The monoisotopic (exact) mass is 624 g/mol. The zero-order valence-corrected chi connectivity index (χ0v) is 26.4. The summed E-state index contributed by atoms with van der Waals surface area (Å²) < 4.78 is 23.7. The molecule has 0 radical (unpaired) electrons. The maximum atomic E-state index is 13.2. The molecule has 4 aromatic rings. The number of aliphatic hydroxyl groups is 1. The minimum atomic E-state index is -3.07. The molecule has 4 aromatic carbocycles. The number of hydrogen-bond donors (Lipinski definition) is 1. The molecule has 0 unspecified atom stereocenters. The molecule has 0 amide bonds. The van der Waals surface area contributed by atoms with Gasteiger partial charge >= 0.3 is 17.9 Å². The van der Waals surface area contributed by atoms with Crippen LogP contribution in [0, 0.1) is 0 Å². The molecule has 0 saturated carbocycles. The van der Waals surface area contributed by atoms with Gasteiger partial charge in [-0.05, 0) is 39.7 Å². The number of aliphatic hydroxyl groups excluding tert-OH is 1. The third-order valence-electron chi connectivity index (χ3n) is 7.87. The summed E-state index contributed by atoms with van der Waals surface area (Å²) in [5.41, 5.74) is 0.430. The normalized spacial score (nSPS) is 18.9. The Kier molecular flexibility index (Phi) is 9.62. The first-order valence-electron chi connectivity index (χ1n) is 14.8. The van der Waals surface area contributed by atoms with Crippen molar-refractivity contribution in [2.45, 2.75) is 50.2 Å². The van der Waals surface area contributed by atoms with Crippen molar-refractivity contribution in [2.75, 3.05) is 6.61 Å². The molecule has 0 bridgehead atoms. The van der Waals surface area contributed by atoms with Gasteiger partial charge in [-0.25, -0.2) is 14.4 Å². The van der Waals surface area contributed by atoms with E-state index in [0.717, 1.165) is 10.4 Å². The van der Waals surface area contributed by atoms with Gasteiger partial charge in [0.2, 0.25) is 6.10 Å². The second-order valence-electron chi connectivity index (χ2n) is 11.9. The zero-order chi connectivity index (χ0) is 32.0. The van der Waals surface area contributed by atoms with Gasteiger partial charge in [0, 0.05) is 0 Å². The zero-order valence-electron chi connectivity index (χ0n) is 25.4. The van der Waals surface area contributed by atoms with E-state index in [0.29, 0.717) is 0 Å². The lowest BCUT2D eigenvalue weighted by atomic mass is 10.1. The van der Waals surface area contributed by atoms with Gasteiger partial charge in [-0.3, -0.25) is 0 Å². The van der Waals surface area contributed by atoms with Crippen LogP contribution in [-0.2, 0) is 23.4 Å². The van der Waals surface area contributed by atoms with E-state index in [2.05, 4.69) is 20.8 Å². The van der Waals surface area contributed by atoms with Crippen LogP contribution >= 0.6 is 0 Å². The molecule has 0 spiro atoms. The van der Waals surface area contributed by atoms with Crippen LogP contribution in [0.4, 0.5) is 0 Å². The average molecular weight is 625 g/mol. The lowest BCUT2D eigenvalue weighted by molar-refractivity contribution is -0.151. The van der Waals surface area contributed by atoms with Crippen LogP contribution in [0.25, 0.3) is 0 Å². The van der Waals surface area contributed by atoms with Gasteiger partial charge in [-0.1, -0.05) is 118 Å². The molecule has 232 valence electrons. The molecule has 4 atom stereocenters. The van der Waals surface area contributed by atoms with E-state index < -0.39 is 50.6 Å². The van der Waals surface area contributed by atoms with E-state index in [-0.39, 0.29) is 22.8 Å². The summed E-state index contributed by atoms with van der Waals surface area (Å²) in [6, 6.07) is 36.1. The first kappa shape index (κ1) is 31.8. The fraction of sp³-hybridized carbons (Fsp3) is 0.250. The largest absolute Gasteiger partial charge is 0.453 e. The van der Waals surface area contributed by atoms with Gasteiger partial charge in [-0.15, -0.1) is 0 Å². The molecule has 9 heteroatoms. The molecular formula is C36H36O8Si. The highest BCUT2D eigenvalue weighted by Crippen LogP contribution is 2.37. The number of carbonyl (C=O) groups is 3. The lowest BCUT2D eigenvalue weighted by Gasteiger charge is -2.43. The van der Waals surface area contributed by atoms with Gasteiger partial charge < -0.3 is 23.7 Å². The molecule has 1 aliphatic heterocycles. The number of cyclic esters (lactones) is 1. The first-order chi connectivity index (χ1) is 21.6. The Morgan fingerprint density at radius 3 is 1.60 bits per heavy atom. The Balaban J connectivity index is 1.46. The quantitative estimate of drug-likeness (QED) is 0.158. The topological polar surface area (TPSA) is 108 Å². The Morgan fingerprint density at radius 1 is 0.733 bits per heavy atom. The minimum Gasteiger partial charge on any atom is -0.453 e. The van der Waals surface area contributed by atoms with Gasteiger partial charge in [0.05, 0.1) is 17.7 Å². The van der Waals surface area contributed by atoms with Gasteiger partial charge in [0.25, 0.3) is 8.32 Å². The SMILES string of the molecule is CC(C)(C)[Si](OC[C@@H](O)[C@@H]1OC(=O)[C@H](OC(=O)c2ccccc2)[C@H]1OC(=O)c1ccccc1)(c1ccccc1)c1ccccc1. The summed E-state index contributed by atoms with van der Waals surface area (Å²) in [5, 5.41) is 13.2. The van der Waals surface area contributed by atoms with E-state index in [1.165, 1.54) is 12.1 Å². The average Bonchev–Trinajstić information content (AvgIpc) is 3.36. The van der Waals surface area contributed by atoms with Gasteiger partial charge in [0.1, 0.15) is 6.10 Å². The van der Waals surface area contributed by atoms with Gasteiger partial charge in [-0.2, -0.15) is 0 Å². The van der Waals surface area contributed by atoms with Crippen molar-refractivity contribution in [1.82, 2.24) is 0 Å². The first-order valence-corrected chi connectivity index (χ1v) is 16.7. The summed E-state index contributed by atoms with van der Waals surface area (Å²) in [7, 11) is -3.07. The van der Waals surface area contributed by atoms with Crippen molar-refractivity contribution in [3.05, 3.63) is 132 Å². The van der Waals surface area contributed by atoms with Crippen LogP contribution in [0.5, 0.6) is 0 Å². The molecule has 1 fully saturated rings. The van der Waals surface area contributed by atoms with Crippen molar-refractivity contribution in [2.24, 2.45) is 0 Å². The van der Waals surface area contributed by atoms with Crippen LogP contribution in [0.3, 0.4) is 0 Å². The van der Waals surface area contributed by atoms with Crippen LogP contribution in [0.1, 0.15) is 41.5 Å². The summed E-state index contributed by atoms with van der Waals surface area (Å²) in [6.45, 7) is 6.06. The van der Waals surface area contributed by atoms with Crippen molar-refractivity contribution >= 4 is 36.6 Å². The molecule has 45 heavy (non-hydrogen) atoms. The van der Waals surface area contributed by atoms with E-state index in [4.69, 9.17) is 18.6 Å². The second-order valence-corrected chi connectivity index (χ2v) is 16.2. The molecule has 1 aliphatic rings.